The number of benzene rings is 5. The van der Waals surface area contributed by atoms with E-state index in [4.69, 9.17) is 9.84 Å². The van der Waals surface area contributed by atoms with E-state index in [1.165, 1.54) is 56.9 Å². The Morgan fingerprint density at radius 1 is 0.488 bits per heavy atom. The van der Waals surface area contributed by atoms with Crippen LogP contribution in [0.4, 0.5) is 0 Å². The van der Waals surface area contributed by atoms with E-state index >= 15 is 0 Å². The molecule has 3 heteroatoms. The minimum atomic E-state index is 0.294. The highest BCUT2D eigenvalue weighted by atomic mass is 16.5. The third-order valence-electron chi connectivity index (χ3n) is 7.90. The number of aromatic nitrogens is 1. The Bertz CT molecular complexity index is 1620. The zero-order valence-electron chi connectivity index (χ0n) is 23.5. The summed E-state index contributed by atoms with van der Waals surface area (Å²) >= 11 is 0. The van der Waals surface area contributed by atoms with Crippen molar-refractivity contribution in [2.45, 2.75) is 38.5 Å². The minimum absolute atomic E-state index is 0.294. The molecule has 1 heterocycles. The number of hydrogen-bond acceptors (Lipinski definition) is 2. The molecular weight excluding hydrogens is 502 g/mol. The van der Waals surface area contributed by atoms with Crippen LogP contribution in [0, 0.1) is 0 Å². The largest absolute Gasteiger partial charge is 0.491 e. The van der Waals surface area contributed by atoms with Gasteiger partial charge in [0, 0.05) is 17.4 Å². The van der Waals surface area contributed by atoms with Crippen molar-refractivity contribution in [2.75, 3.05) is 13.2 Å². The molecule has 1 aromatic heterocycles. The average molecular weight is 540 g/mol. The summed E-state index contributed by atoms with van der Waals surface area (Å²) in [5, 5.41) is 11.5. The molecule has 0 atom stereocenters. The van der Waals surface area contributed by atoms with Crippen molar-refractivity contribution < 1.29 is 9.84 Å². The van der Waals surface area contributed by atoms with E-state index in [9.17, 15) is 0 Å². The van der Waals surface area contributed by atoms with Gasteiger partial charge in [-0.1, -0.05) is 123 Å². The van der Waals surface area contributed by atoms with E-state index in [1.807, 2.05) is 0 Å². The van der Waals surface area contributed by atoms with Crippen LogP contribution < -0.4 is 4.74 Å². The van der Waals surface area contributed by atoms with Crippen LogP contribution in [-0.4, -0.2) is 22.9 Å². The van der Waals surface area contributed by atoms with Crippen molar-refractivity contribution >= 4 is 21.8 Å². The predicted molar refractivity (Wildman–Crippen MR) is 172 cm³/mol. The second-order valence-electron chi connectivity index (χ2n) is 10.7. The van der Waals surface area contributed by atoms with Crippen LogP contribution in [0.25, 0.3) is 49.7 Å². The molecule has 6 rings (SSSR count). The van der Waals surface area contributed by atoms with Gasteiger partial charge < -0.3 is 14.4 Å². The Balaban J connectivity index is 1.42. The van der Waals surface area contributed by atoms with Gasteiger partial charge in [0.25, 0.3) is 0 Å². The Morgan fingerprint density at radius 2 is 1.00 bits per heavy atom. The van der Waals surface area contributed by atoms with Gasteiger partial charge >= 0.3 is 0 Å². The maximum absolute atomic E-state index is 8.99. The number of nitrogens with zero attached hydrogens (tertiary/aromatic N) is 1. The molecule has 206 valence electrons. The number of unbranched alkanes of at least 4 members (excludes halogenated alkanes) is 5. The Hall–Kier alpha value is -4.34. The molecule has 1 N–H and O–H groups in total. The third-order valence-corrected chi connectivity index (χ3v) is 7.90. The lowest BCUT2D eigenvalue weighted by molar-refractivity contribution is 0.280. The van der Waals surface area contributed by atoms with Crippen LogP contribution in [0.5, 0.6) is 5.75 Å². The molecule has 0 bridgehead atoms. The number of ether oxygens (including phenoxy) is 1. The molecule has 0 fully saturated rings. The second-order valence-corrected chi connectivity index (χ2v) is 10.7. The zero-order chi connectivity index (χ0) is 27.9. The highest BCUT2D eigenvalue weighted by Gasteiger charge is 2.17. The second kappa shape index (κ2) is 12.9. The van der Waals surface area contributed by atoms with E-state index < -0.39 is 0 Å². The molecule has 0 spiro atoms. The third kappa shape index (κ3) is 5.91. The first-order valence-electron chi connectivity index (χ1n) is 14.9. The van der Waals surface area contributed by atoms with Crippen LogP contribution in [0.15, 0.2) is 121 Å². The van der Waals surface area contributed by atoms with E-state index in [1.54, 1.807) is 0 Å². The molecule has 0 unspecified atom stereocenters. The fourth-order valence-corrected chi connectivity index (χ4v) is 5.77. The summed E-state index contributed by atoms with van der Waals surface area (Å²) in [6, 6.07) is 43.2. The first-order chi connectivity index (χ1) is 20.3. The molecule has 6 aromatic rings. The quantitative estimate of drug-likeness (QED) is 0.157. The van der Waals surface area contributed by atoms with Crippen molar-refractivity contribution in [1.29, 1.82) is 0 Å². The molecule has 0 aliphatic rings. The number of para-hydroxylation sites is 2. The molecular formula is C38H37NO2. The van der Waals surface area contributed by atoms with E-state index in [0.717, 1.165) is 37.1 Å². The molecule has 0 saturated heterocycles. The standard InChI is InChI=1S/C38H37NO2/c40-25-13-3-1-2-4-14-26-41-38-20-12-11-19-35(38)39-36-27-31(29-15-7-5-8-16-29)21-23-33(36)34-24-22-32(28-37(34)39)30-17-9-6-10-18-30/h5-12,15-24,27-28,40H,1-4,13-14,25-26H2. The number of hydrogen-bond donors (Lipinski definition) is 1. The molecule has 0 aliphatic carbocycles. The van der Waals surface area contributed by atoms with Crippen LogP contribution in [0.3, 0.4) is 0 Å². The van der Waals surface area contributed by atoms with E-state index in [2.05, 4.69) is 126 Å². The van der Waals surface area contributed by atoms with Gasteiger partial charge in [0.05, 0.1) is 23.3 Å². The molecule has 41 heavy (non-hydrogen) atoms. The van der Waals surface area contributed by atoms with Crippen molar-refractivity contribution in [2.24, 2.45) is 0 Å². The summed E-state index contributed by atoms with van der Waals surface area (Å²) in [5.74, 6) is 0.904. The first-order valence-corrected chi connectivity index (χ1v) is 14.9. The highest BCUT2D eigenvalue weighted by Crippen LogP contribution is 2.39. The summed E-state index contributed by atoms with van der Waals surface area (Å²) in [7, 11) is 0. The summed E-state index contributed by atoms with van der Waals surface area (Å²) in [5.41, 5.74) is 8.22. The van der Waals surface area contributed by atoms with Gasteiger partial charge in [-0.25, -0.2) is 0 Å². The summed E-state index contributed by atoms with van der Waals surface area (Å²) in [4.78, 5) is 0. The lowest BCUT2D eigenvalue weighted by Gasteiger charge is -2.15. The summed E-state index contributed by atoms with van der Waals surface area (Å²) < 4.78 is 8.84. The van der Waals surface area contributed by atoms with Crippen LogP contribution >= 0.6 is 0 Å². The molecule has 0 aliphatic heterocycles. The fourth-order valence-electron chi connectivity index (χ4n) is 5.77. The molecule has 5 aromatic carbocycles. The smallest absolute Gasteiger partial charge is 0.143 e. The molecule has 0 radical (unpaired) electrons. The van der Waals surface area contributed by atoms with Gasteiger partial charge in [-0.2, -0.15) is 0 Å². The molecule has 3 nitrogen and oxygen atoms in total. The summed E-state index contributed by atoms with van der Waals surface area (Å²) in [6.45, 7) is 0.987. The Labute approximate surface area is 242 Å². The average Bonchev–Trinajstić information content (AvgIpc) is 3.36. The number of aliphatic hydroxyl groups is 1. The Kier molecular flexibility index (Phi) is 8.44. The van der Waals surface area contributed by atoms with Gasteiger partial charge in [0.2, 0.25) is 0 Å². The zero-order valence-corrected chi connectivity index (χ0v) is 23.5. The van der Waals surface area contributed by atoms with Gasteiger partial charge in [-0.05, 0) is 59.4 Å². The van der Waals surface area contributed by atoms with E-state index in [0.29, 0.717) is 13.2 Å². The topological polar surface area (TPSA) is 34.4 Å². The SMILES string of the molecule is OCCCCCCCCOc1ccccc1-n1c2cc(-c3ccccc3)ccc2c2ccc(-c3ccccc3)cc21. The van der Waals surface area contributed by atoms with Crippen LogP contribution in [-0.2, 0) is 0 Å². The fraction of sp³-hybridized carbons (Fsp3) is 0.211. The minimum Gasteiger partial charge on any atom is -0.491 e. The van der Waals surface area contributed by atoms with Crippen molar-refractivity contribution in [3.63, 3.8) is 0 Å². The van der Waals surface area contributed by atoms with Gasteiger partial charge in [-0.15, -0.1) is 0 Å². The van der Waals surface area contributed by atoms with Crippen LogP contribution in [0.2, 0.25) is 0 Å². The predicted octanol–water partition coefficient (Wildman–Crippen LogP) is 9.83. The van der Waals surface area contributed by atoms with Crippen LogP contribution in [0.1, 0.15) is 38.5 Å². The number of aliphatic hydroxyl groups excluding tert-OH is 1. The lowest BCUT2D eigenvalue weighted by Crippen LogP contribution is -2.03. The van der Waals surface area contributed by atoms with Gasteiger partial charge in [0.15, 0.2) is 0 Å². The summed E-state index contributed by atoms with van der Waals surface area (Å²) in [6.07, 6.45) is 6.53. The van der Waals surface area contributed by atoms with Crippen molar-refractivity contribution in [3.05, 3.63) is 121 Å². The maximum Gasteiger partial charge on any atom is 0.143 e. The van der Waals surface area contributed by atoms with Crippen molar-refractivity contribution in [3.8, 4) is 33.7 Å². The highest BCUT2D eigenvalue weighted by molar-refractivity contribution is 6.11. The number of fused-ring (bicyclic) bond motifs is 3. The molecule has 0 amide bonds. The Morgan fingerprint density at radius 3 is 1.59 bits per heavy atom. The number of rotatable bonds is 12. The monoisotopic (exact) mass is 539 g/mol. The molecule has 0 saturated carbocycles. The first kappa shape index (κ1) is 26.9. The maximum atomic E-state index is 8.99. The normalized spacial score (nSPS) is 11.3. The van der Waals surface area contributed by atoms with Gasteiger partial charge in [-0.3, -0.25) is 0 Å². The van der Waals surface area contributed by atoms with Gasteiger partial charge in [0.1, 0.15) is 5.75 Å². The lowest BCUT2D eigenvalue weighted by atomic mass is 10.0. The van der Waals surface area contributed by atoms with Crippen molar-refractivity contribution in [1.82, 2.24) is 4.57 Å². The van der Waals surface area contributed by atoms with E-state index in [-0.39, 0.29) is 0 Å².